The second kappa shape index (κ2) is 6.47. The van der Waals surface area contributed by atoms with Crippen LogP contribution in [0.1, 0.15) is 44.4 Å². The minimum Gasteiger partial charge on any atom is -0.480 e. The van der Waals surface area contributed by atoms with Crippen LogP contribution < -0.4 is 10.6 Å². The van der Waals surface area contributed by atoms with E-state index in [2.05, 4.69) is 20.8 Å². The Labute approximate surface area is 115 Å². The fraction of sp³-hybridized carbons (Fsp3) is 0.667. The van der Waals surface area contributed by atoms with Crippen molar-refractivity contribution >= 4 is 17.9 Å². The third kappa shape index (κ3) is 4.02. The van der Waals surface area contributed by atoms with E-state index in [1.165, 1.54) is 0 Å². The Morgan fingerprint density at radius 1 is 1.45 bits per heavy atom. The summed E-state index contributed by atoms with van der Waals surface area (Å²) in [5, 5.41) is 21.6. The number of aliphatic carboxylic acids is 1. The molecule has 1 atom stereocenters. The molecule has 20 heavy (non-hydrogen) atoms. The van der Waals surface area contributed by atoms with E-state index in [-0.39, 0.29) is 12.6 Å². The Kier molecular flexibility index (Phi) is 4.67. The van der Waals surface area contributed by atoms with E-state index < -0.39 is 17.9 Å². The van der Waals surface area contributed by atoms with Crippen LogP contribution in [0.4, 0.5) is 6.01 Å². The monoisotopic (exact) mass is 282 g/mol. The molecule has 0 bridgehead atoms. The van der Waals surface area contributed by atoms with Crippen molar-refractivity contribution in [2.24, 2.45) is 0 Å². The standard InChI is InChI=1S/C12H18N4O4/c1-2-3-8(11(18)19)13-6-9(17)14-12-16-15-10(20-12)7-4-5-7/h7-8,13H,2-6H2,1H3,(H,18,19)(H,14,16,17). The van der Waals surface area contributed by atoms with Crippen molar-refractivity contribution < 1.29 is 19.1 Å². The Hall–Kier alpha value is -1.96. The molecule has 1 unspecified atom stereocenters. The summed E-state index contributed by atoms with van der Waals surface area (Å²) >= 11 is 0. The molecule has 0 aromatic carbocycles. The SMILES string of the molecule is CCCC(NCC(=O)Nc1nnc(C2CC2)o1)C(=O)O. The van der Waals surface area contributed by atoms with Crippen LogP contribution in [0.2, 0.25) is 0 Å². The van der Waals surface area contributed by atoms with Crippen molar-refractivity contribution in [3.8, 4) is 0 Å². The average molecular weight is 282 g/mol. The van der Waals surface area contributed by atoms with Crippen molar-refractivity contribution in [1.29, 1.82) is 0 Å². The molecule has 1 saturated carbocycles. The zero-order chi connectivity index (χ0) is 14.5. The first-order valence-corrected chi connectivity index (χ1v) is 6.69. The van der Waals surface area contributed by atoms with Crippen molar-refractivity contribution in [3.63, 3.8) is 0 Å². The number of carboxylic acids is 1. The number of hydrogen-bond donors (Lipinski definition) is 3. The van der Waals surface area contributed by atoms with Gasteiger partial charge in [-0.1, -0.05) is 18.4 Å². The fourth-order valence-electron chi connectivity index (χ4n) is 1.76. The minimum atomic E-state index is -0.964. The number of nitrogens with one attached hydrogen (secondary N) is 2. The second-order valence-corrected chi connectivity index (χ2v) is 4.83. The van der Waals surface area contributed by atoms with E-state index in [1.54, 1.807) is 0 Å². The molecule has 2 rings (SSSR count). The maximum Gasteiger partial charge on any atom is 0.322 e. The third-order valence-electron chi connectivity index (χ3n) is 3.00. The number of nitrogens with zero attached hydrogens (tertiary/aromatic N) is 2. The van der Waals surface area contributed by atoms with Crippen LogP contribution in [0.15, 0.2) is 4.42 Å². The Morgan fingerprint density at radius 3 is 2.80 bits per heavy atom. The van der Waals surface area contributed by atoms with Gasteiger partial charge in [-0.25, -0.2) is 0 Å². The smallest absolute Gasteiger partial charge is 0.322 e. The molecule has 8 heteroatoms. The maximum absolute atomic E-state index is 11.6. The van der Waals surface area contributed by atoms with Crippen molar-refractivity contribution in [1.82, 2.24) is 15.5 Å². The van der Waals surface area contributed by atoms with Crippen LogP contribution >= 0.6 is 0 Å². The summed E-state index contributed by atoms with van der Waals surface area (Å²) in [5.41, 5.74) is 0. The first kappa shape index (κ1) is 14.4. The Bertz CT molecular complexity index is 484. The number of anilines is 1. The van der Waals surface area contributed by atoms with Crippen molar-refractivity contribution in [3.05, 3.63) is 5.89 Å². The number of carbonyl (C=O) groups is 2. The van der Waals surface area contributed by atoms with Crippen LogP contribution in [0, 0.1) is 0 Å². The summed E-state index contributed by atoms with van der Waals surface area (Å²) in [5.74, 6) is -0.498. The van der Waals surface area contributed by atoms with Gasteiger partial charge in [0.15, 0.2) is 0 Å². The second-order valence-electron chi connectivity index (χ2n) is 4.83. The topological polar surface area (TPSA) is 117 Å². The van der Waals surface area contributed by atoms with Gasteiger partial charge in [-0.2, -0.15) is 0 Å². The largest absolute Gasteiger partial charge is 0.480 e. The van der Waals surface area contributed by atoms with E-state index in [0.717, 1.165) is 19.3 Å². The molecule has 110 valence electrons. The fourth-order valence-corrected chi connectivity index (χ4v) is 1.76. The van der Waals surface area contributed by atoms with Crippen LogP contribution in [0.5, 0.6) is 0 Å². The molecule has 3 N–H and O–H groups in total. The van der Waals surface area contributed by atoms with Gasteiger partial charge in [-0.15, -0.1) is 5.10 Å². The lowest BCUT2D eigenvalue weighted by Crippen LogP contribution is -2.41. The van der Waals surface area contributed by atoms with Crippen LogP contribution in [0.25, 0.3) is 0 Å². The molecule has 0 saturated heterocycles. The zero-order valence-electron chi connectivity index (χ0n) is 11.3. The van der Waals surface area contributed by atoms with Crippen LogP contribution in [-0.2, 0) is 9.59 Å². The number of carbonyl (C=O) groups excluding carboxylic acids is 1. The molecule has 0 aliphatic heterocycles. The molecule has 1 fully saturated rings. The molecule has 1 aliphatic rings. The van der Waals surface area contributed by atoms with E-state index in [1.807, 2.05) is 6.92 Å². The lowest BCUT2D eigenvalue weighted by molar-refractivity contribution is -0.139. The number of carboxylic acid groups (broad SMARTS) is 1. The summed E-state index contributed by atoms with van der Waals surface area (Å²) in [6, 6.07) is -0.670. The van der Waals surface area contributed by atoms with Crippen LogP contribution in [-0.4, -0.2) is 39.8 Å². The summed E-state index contributed by atoms with van der Waals surface area (Å²) in [6.45, 7) is 1.77. The highest BCUT2D eigenvalue weighted by Gasteiger charge is 2.29. The molecule has 0 radical (unpaired) electrons. The highest BCUT2D eigenvalue weighted by atomic mass is 16.4. The van der Waals surface area contributed by atoms with Gasteiger partial charge in [0.25, 0.3) is 0 Å². The number of rotatable bonds is 8. The highest BCUT2D eigenvalue weighted by Crippen LogP contribution is 2.39. The van der Waals surface area contributed by atoms with Gasteiger partial charge in [0.1, 0.15) is 6.04 Å². The molecule has 1 aromatic heterocycles. The Balaban J connectivity index is 1.77. The van der Waals surface area contributed by atoms with Gasteiger partial charge in [0.05, 0.1) is 6.54 Å². The predicted molar refractivity (Wildman–Crippen MR) is 69.2 cm³/mol. The number of hydrogen-bond acceptors (Lipinski definition) is 6. The molecule has 1 amide bonds. The number of aromatic nitrogens is 2. The Morgan fingerprint density at radius 2 is 2.20 bits per heavy atom. The molecule has 1 heterocycles. The minimum absolute atomic E-state index is 0.0565. The van der Waals surface area contributed by atoms with Gasteiger partial charge >= 0.3 is 12.0 Å². The van der Waals surface area contributed by atoms with Crippen molar-refractivity contribution in [2.75, 3.05) is 11.9 Å². The van der Waals surface area contributed by atoms with Crippen LogP contribution in [0.3, 0.4) is 0 Å². The van der Waals surface area contributed by atoms with Gasteiger partial charge in [-0.3, -0.25) is 20.2 Å². The van der Waals surface area contributed by atoms with E-state index in [4.69, 9.17) is 9.52 Å². The molecular weight excluding hydrogens is 264 g/mol. The van der Waals surface area contributed by atoms with Gasteiger partial charge in [0, 0.05) is 5.92 Å². The van der Waals surface area contributed by atoms with Gasteiger partial charge < -0.3 is 9.52 Å². The summed E-state index contributed by atoms with van der Waals surface area (Å²) in [4.78, 5) is 22.6. The van der Waals surface area contributed by atoms with Gasteiger partial charge in [-0.05, 0) is 19.3 Å². The summed E-state index contributed by atoms with van der Waals surface area (Å²) < 4.78 is 5.28. The first-order valence-electron chi connectivity index (χ1n) is 6.69. The van der Waals surface area contributed by atoms with E-state index in [0.29, 0.717) is 18.2 Å². The number of amides is 1. The van der Waals surface area contributed by atoms with E-state index in [9.17, 15) is 9.59 Å². The summed E-state index contributed by atoms with van der Waals surface area (Å²) in [6.07, 6.45) is 3.26. The lowest BCUT2D eigenvalue weighted by Gasteiger charge is -2.12. The lowest BCUT2D eigenvalue weighted by atomic mass is 10.2. The van der Waals surface area contributed by atoms with E-state index >= 15 is 0 Å². The van der Waals surface area contributed by atoms with Gasteiger partial charge in [0.2, 0.25) is 11.8 Å². The summed E-state index contributed by atoms with van der Waals surface area (Å²) in [7, 11) is 0. The molecule has 1 aromatic rings. The molecule has 1 aliphatic carbocycles. The molecular formula is C12H18N4O4. The third-order valence-corrected chi connectivity index (χ3v) is 3.00. The normalized spacial score (nSPS) is 15.8. The first-order chi connectivity index (χ1) is 9.60. The molecule has 0 spiro atoms. The highest BCUT2D eigenvalue weighted by molar-refractivity contribution is 5.90. The maximum atomic E-state index is 11.6. The zero-order valence-corrected chi connectivity index (χ0v) is 11.3. The molecule has 8 nitrogen and oxygen atoms in total. The van der Waals surface area contributed by atoms with Crippen molar-refractivity contribution in [2.45, 2.75) is 44.6 Å². The average Bonchev–Trinajstić information content (AvgIpc) is 3.15. The quantitative estimate of drug-likeness (QED) is 0.643. The predicted octanol–water partition coefficient (Wildman–Crippen LogP) is 0.728.